The Hall–Kier alpha value is -0.690. The van der Waals surface area contributed by atoms with Crippen LogP contribution in [0.25, 0.3) is 0 Å². The van der Waals surface area contributed by atoms with Gasteiger partial charge in [0.15, 0.2) is 0 Å². The fourth-order valence-corrected chi connectivity index (χ4v) is 3.68. The molecule has 1 aromatic carbocycles. The molecule has 1 unspecified atom stereocenters. The summed E-state index contributed by atoms with van der Waals surface area (Å²) < 4.78 is 40.6. The van der Waals surface area contributed by atoms with Crippen LogP contribution in [0.5, 0.6) is 0 Å². The van der Waals surface area contributed by atoms with E-state index in [0.29, 0.717) is 6.54 Å². The van der Waals surface area contributed by atoms with Gasteiger partial charge in [0.05, 0.1) is 0 Å². The summed E-state index contributed by atoms with van der Waals surface area (Å²) >= 11 is 5.92. The van der Waals surface area contributed by atoms with Gasteiger partial charge in [0, 0.05) is 30.7 Å². The van der Waals surface area contributed by atoms with Crippen LogP contribution in [0.3, 0.4) is 0 Å². The van der Waals surface area contributed by atoms with E-state index < -0.39 is 15.8 Å². The molecule has 0 radical (unpaired) electrons. The lowest BCUT2D eigenvalue weighted by Crippen LogP contribution is -2.32. The highest BCUT2D eigenvalue weighted by atomic mass is 35.5. The Labute approximate surface area is 131 Å². The molecule has 0 aliphatic carbocycles. The largest absolute Gasteiger partial charge is 0.316 e. The Balaban J connectivity index is 3.25. The first-order valence-electron chi connectivity index (χ1n) is 6.82. The van der Waals surface area contributed by atoms with Gasteiger partial charge < -0.3 is 5.32 Å². The first-order chi connectivity index (χ1) is 9.73. The number of benzene rings is 1. The molecule has 1 atom stereocenters. The van der Waals surface area contributed by atoms with Crippen molar-refractivity contribution in [3.63, 3.8) is 0 Å². The number of nitrogens with zero attached hydrogens (tertiary/aromatic N) is 1. The number of hydrogen-bond donors (Lipinski definition) is 1. The van der Waals surface area contributed by atoms with Crippen LogP contribution < -0.4 is 5.32 Å². The fraction of sp³-hybridized carbons (Fsp3) is 0.571. The molecule has 1 aromatic rings. The van der Waals surface area contributed by atoms with E-state index in [1.165, 1.54) is 23.5 Å². The van der Waals surface area contributed by atoms with Crippen molar-refractivity contribution in [2.75, 3.05) is 20.6 Å². The summed E-state index contributed by atoms with van der Waals surface area (Å²) in [7, 11) is -0.778. The second-order valence-corrected chi connectivity index (χ2v) is 7.66. The molecule has 0 bridgehead atoms. The van der Waals surface area contributed by atoms with Crippen LogP contribution in [0.4, 0.5) is 4.39 Å². The van der Waals surface area contributed by atoms with Gasteiger partial charge >= 0.3 is 0 Å². The highest BCUT2D eigenvalue weighted by Gasteiger charge is 2.27. The molecule has 0 aliphatic heterocycles. The van der Waals surface area contributed by atoms with Crippen molar-refractivity contribution >= 4 is 21.6 Å². The fourth-order valence-electron chi connectivity index (χ4n) is 1.96. The summed E-state index contributed by atoms with van der Waals surface area (Å²) in [5.74, 6) is -0.548. The number of sulfonamides is 1. The third-order valence-corrected chi connectivity index (χ3v) is 5.44. The first kappa shape index (κ1) is 18.4. The number of halogens is 2. The molecule has 1 N–H and O–H groups in total. The maximum atomic E-state index is 14.4. The predicted octanol–water partition coefficient (Wildman–Crippen LogP) is 2.87. The molecule has 21 heavy (non-hydrogen) atoms. The Kier molecular flexibility index (Phi) is 6.59. The van der Waals surface area contributed by atoms with E-state index in [2.05, 4.69) is 5.32 Å². The van der Waals surface area contributed by atoms with E-state index >= 15 is 0 Å². The molecule has 0 spiro atoms. The molecule has 0 saturated heterocycles. The highest BCUT2D eigenvalue weighted by molar-refractivity contribution is 7.89. The van der Waals surface area contributed by atoms with Crippen LogP contribution in [0.1, 0.15) is 25.8 Å². The van der Waals surface area contributed by atoms with Crippen LogP contribution in [-0.4, -0.2) is 33.4 Å². The standard InChI is InChI=1S/C14H22ClFN2O2S/c1-5-10(2)9-18(4)21(19,20)13-7-12(15)6-11(8-17-3)14(13)16/h6-7,10,17H,5,8-9H2,1-4H3. The van der Waals surface area contributed by atoms with Gasteiger partial charge in [-0.1, -0.05) is 31.9 Å². The minimum atomic E-state index is -3.89. The van der Waals surface area contributed by atoms with Crippen LogP contribution in [0, 0.1) is 11.7 Å². The average Bonchev–Trinajstić information content (AvgIpc) is 2.42. The van der Waals surface area contributed by atoms with Gasteiger partial charge in [0.2, 0.25) is 10.0 Å². The maximum absolute atomic E-state index is 14.4. The number of hydrogen-bond acceptors (Lipinski definition) is 3. The van der Waals surface area contributed by atoms with Crippen LogP contribution in [0.2, 0.25) is 5.02 Å². The zero-order valence-electron chi connectivity index (χ0n) is 12.8. The van der Waals surface area contributed by atoms with E-state index in [4.69, 9.17) is 11.6 Å². The summed E-state index contributed by atoms with van der Waals surface area (Å²) in [6.07, 6.45) is 0.850. The Morgan fingerprint density at radius 3 is 2.57 bits per heavy atom. The van der Waals surface area contributed by atoms with Gasteiger partial charge in [-0.3, -0.25) is 0 Å². The molecule has 0 heterocycles. The third kappa shape index (κ3) is 4.39. The number of rotatable bonds is 7. The second-order valence-electron chi connectivity index (χ2n) is 5.21. The zero-order chi connectivity index (χ0) is 16.2. The van der Waals surface area contributed by atoms with Gasteiger partial charge in [-0.05, 0) is 25.1 Å². The molecule has 4 nitrogen and oxygen atoms in total. The lowest BCUT2D eigenvalue weighted by molar-refractivity contribution is 0.391. The van der Waals surface area contributed by atoms with E-state index in [-0.39, 0.29) is 27.9 Å². The van der Waals surface area contributed by atoms with E-state index in [9.17, 15) is 12.8 Å². The van der Waals surface area contributed by atoms with E-state index in [1.807, 2.05) is 13.8 Å². The Morgan fingerprint density at radius 2 is 2.05 bits per heavy atom. The van der Waals surface area contributed by atoms with Gasteiger partial charge in [-0.15, -0.1) is 0 Å². The molecular formula is C14H22ClFN2O2S. The quantitative estimate of drug-likeness (QED) is 0.833. The smallest absolute Gasteiger partial charge is 0.245 e. The number of nitrogens with one attached hydrogen (secondary N) is 1. The van der Waals surface area contributed by atoms with Gasteiger partial charge in [-0.2, -0.15) is 0 Å². The lowest BCUT2D eigenvalue weighted by Gasteiger charge is -2.21. The van der Waals surface area contributed by atoms with E-state index in [0.717, 1.165) is 6.42 Å². The average molecular weight is 337 g/mol. The molecule has 0 aromatic heterocycles. The molecule has 0 fully saturated rings. The topological polar surface area (TPSA) is 49.4 Å². The molecule has 1 rings (SSSR count). The summed E-state index contributed by atoms with van der Waals surface area (Å²) in [5, 5.41) is 3.00. The summed E-state index contributed by atoms with van der Waals surface area (Å²) in [6.45, 7) is 4.49. The monoisotopic (exact) mass is 336 g/mol. The van der Waals surface area contributed by atoms with Gasteiger partial charge in [-0.25, -0.2) is 17.1 Å². The SMILES string of the molecule is CCC(C)CN(C)S(=O)(=O)c1cc(Cl)cc(CNC)c1F. The summed E-state index contributed by atoms with van der Waals surface area (Å²) in [4.78, 5) is -0.369. The van der Waals surface area contributed by atoms with Crippen LogP contribution in [0.15, 0.2) is 17.0 Å². The van der Waals surface area contributed by atoms with Crippen molar-refractivity contribution in [1.29, 1.82) is 0 Å². The lowest BCUT2D eigenvalue weighted by atomic mass is 10.1. The normalized spacial score (nSPS) is 13.7. The minimum Gasteiger partial charge on any atom is -0.316 e. The van der Waals surface area contributed by atoms with Crippen molar-refractivity contribution < 1.29 is 12.8 Å². The molecule has 0 aliphatic rings. The second kappa shape index (κ2) is 7.54. The zero-order valence-corrected chi connectivity index (χ0v) is 14.4. The van der Waals surface area contributed by atoms with Crippen molar-refractivity contribution in [2.24, 2.45) is 5.92 Å². The molecule has 7 heteroatoms. The molecule has 0 saturated carbocycles. The highest BCUT2D eigenvalue weighted by Crippen LogP contribution is 2.26. The van der Waals surface area contributed by atoms with Gasteiger partial charge in [0.25, 0.3) is 0 Å². The van der Waals surface area contributed by atoms with Crippen molar-refractivity contribution in [3.05, 3.63) is 28.5 Å². The van der Waals surface area contributed by atoms with Crippen molar-refractivity contribution in [1.82, 2.24) is 9.62 Å². The molecular weight excluding hydrogens is 315 g/mol. The third-order valence-electron chi connectivity index (χ3n) is 3.40. The first-order valence-corrected chi connectivity index (χ1v) is 8.64. The van der Waals surface area contributed by atoms with Crippen molar-refractivity contribution in [3.8, 4) is 0 Å². The Morgan fingerprint density at radius 1 is 1.43 bits per heavy atom. The van der Waals surface area contributed by atoms with Crippen molar-refractivity contribution in [2.45, 2.75) is 31.7 Å². The Bertz CT molecular complexity index is 593. The summed E-state index contributed by atoms with van der Waals surface area (Å²) in [6, 6.07) is 2.60. The van der Waals surface area contributed by atoms with Crippen LogP contribution >= 0.6 is 11.6 Å². The minimum absolute atomic E-state index is 0.198. The van der Waals surface area contributed by atoms with E-state index in [1.54, 1.807) is 7.05 Å². The molecule has 120 valence electrons. The molecule has 0 amide bonds. The maximum Gasteiger partial charge on any atom is 0.245 e. The predicted molar refractivity (Wildman–Crippen MR) is 83.4 cm³/mol. The summed E-state index contributed by atoms with van der Waals surface area (Å²) in [5.41, 5.74) is 0.237. The van der Waals surface area contributed by atoms with Gasteiger partial charge in [0.1, 0.15) is 10.7 Å². The van der Waals surface area contributed by atoms with Crippen LogP contribution in [-0.2, 0) is 16.6 Å².